The van der Waals surface area contributed by atoms with Crippen molar-refractivity contribution in [3.05, 3.63) is 48.2 Å². The van der Waals surface area contributed by atoms with Gasteiger partial charge in [0.15, 0.2) is 11.5 Å². The lowest BCUT2D eigenvalue weighted by Crippen LogP contribution is -2.46. The number of furan rings is 1. The molecule has 3 aromatic rings. The molecule has 1 aromatic heterocycles. The van der Waals surface area contributed by atoms with Crippen molar-refractivity contribution in [1.82, 2.24) is 4.90 Å². The molecule has 32 heavy (non-hydrogen) atoms. The van der Waals surface area contributed by atoms with Crippen LogP contribution in [0.25, 0.3) is 11.0 Å². The van der Waals surface area contributed by atoms with Crippen LogP contribution in [0.5, 0.6) is 11.5 Å². The maximum atomic E-state index is 11.4. The number of rotatable bonds is 7. The van der Waals surface area contributed by atoms with Crippen molar-refractivity contribution in [3.63, 3.8) is 0 Å². The largest absolute Gasteiger partial charge is 0.459 e. The fourth-order valence-corrected chi connectivity index (χ4v) is 4.46. The summed E-state index contributed by atoms with van der Waals surface area (Å²) in [6, 6.07) is 13.3. The van der Waals surface area contributed by atoms with Gasteiger partial charge in [-0.25, -0.2) is 4.79 Å². The standard InChI is InChI=1S/C24H28N4O4/c25-24(29)26-23-18-5-1-2-6-19(18)32-21(23)7-3-4-10-27-11-13-28(14-12-27)17-8-9-20-22(15-17)31-16-30-20/h1-2,5-6,8-9,15H,3-4,7,10-14,16H2,(H3,25,26,29). The van der Waals surface area contributed by atoms with Crippen LogP contribution in [0.1, 0.15) is 18.6 Å². The van der Waals surface area contributed by atoms with E-state index in [1.54, 1.807) is 0 Å². The molecular weight excluding hydrogens is 408 g/mol. The Morgan fingerprint density at radius 2 is 1.81 bits per heavy atom. The van der Waals surface area contributed by atoms with Crippen molar-refractivity contribution in [1.29, 1.82) is 0 Å². The van der Waals surface area contributed by atoms with E-state index >= 15 is 0 Å². The highest BCUT2D eigenvalue weighted by molar-refractivity contribution is 6.00. The molecule has 0 aliphatic carbocycles. The number of anilines is 2. The van der Waals surface area contributed by atoms with Crippen LogP contribution < -0.4 is 25.4 Å². The molecule has 5 rings (SSSR count). The molecule has 168 valence electrons. The summed E-state index contributed by atoms with van der Waals surface area (Å²) in [5, 5.41) is 3.62. The predicted molar refractivity (Wildman–Crippen MR) is 124 cm³/mol. The zero-order valence-electron chi connectivity index (χ0n) is 18.0. The summed E-state index contributed by atoms with van der Waals surface area (Å²) in [6.45, 7) is 5.42. The highest BCUT2D eigenvalue weighted by Crippen LogP contribution is 2.36. The van der Waals surface area contributed by atoms with Crippen LogP contribution >= 0.6 is 0 Å². The number of fused-ring (bicyclic) bond motifs is 2. The predicted octanol–water partition coefficient (Wildman–Crippen LogP) is 3.80. The SMILES string of the molecule is NC(=O)Nc1c(CCCCN2CCN(c3ccc4c(c3)OCO4)CC2)oc2ccccc12. The molecule has 2 amide bonds. The van der Waals surface area contributed by atoms with Crippen LogP contribution in [0.4, 0.5) is 16.2 Å². The van der Waals surface area contributed by atoms with Crippen LogP contribution in [0, 0.1) is 0 Å². The van der Waals surface area contributed by atoms with Gasteiger partial charge in [-0.3, -0.25) is 4.90 Å². The van der Waals surface area contributed by atoms with Crippen molar-refractivity contribution in [2.24, 2.45) is 5.73 Å². The fraction of sp³-hybridized carbons (Fsp3) is 0.375. The maximum Gasteiger partial charge on any atom is 0.316 e. The Labute approximate surface area is 186 Å². The van der Waals surface area contributed by atoms with E-state index in [-0.39, 0.29) is 0 Å². The monoisotopic (exact) mass is 436 g/mol. The van der Waals surface area contributed by atoms with Gasteiger partial charge < -0.3 is 29.8 Å². The summed E-state index contributed by atoms with van der Waals surface area (Å²) in [6.07, 6.45) is 2.81. The van der Waals surface area contributed by atoms with Crippen molar-refractivity contribution >= 4 is 28.4 Å². The molecule has 0 atom stereocenters. The van der Waals surface area contributed by atoms with Crippen LogP contribution in [0.15, 0.2) is 46.9 Å². The zero-order chi connectivity index (χ0) is 21.9. The Morgan fingerprint density at radius 1 is 1.00 bits per heavy atom. The van der Waals surface area contributed by atoms with Crippen LogP contribution in [-0.4, -0.2) is 50.4 Å². The van der Waals surface area contributed by atoms with Gasteiger partial charge in [-0.05, 0) is 43.7 Å². The number of urea groups is 1. The zero-order valence-corrected chi connectivity index (χ0v) is 18.0. The Balaban J connectivity index is 1.10. The van der Waals surface area contributed by atoms with Crippen molar-refractivity contribution in [2.75, 3.05) is 49.7 Å². The highest BCUT2D eigenvalue weighted by atomic mass is 16.7. The molecule has 1 saturated heterocycles. The molecule has 8 nitrogen and oxygen atoms in total. The summed E-state index contributed by atoms with van der Waals surface area (Å²) < 4.78 is 16.9. The molecule has 3 N–H and O–H groups in total. The van der Waals surface area contributed by atoms with E-state index in [2.05, 4.69) is 27.2 Å². The van der Waals surface area contributed by atoms with Gasteiger partial charge in [0.2, 0.25) is 6.79 Å². The Bertz CT molecular complexity index is 1100. The van der Waals surface area contributed by atoms with Gasteiger partial charge in [0.1, 0.15) is 11.3 Å². The minimum atomic E-state index is -0.571. The van der Waals surface area contributed by atoms with Crippen molar-refractivity contribution < 1.29 is 18.7 Å². The number of unbranched alkanes of at least 4 members (excludes halogenated alkanes) is 1. The second kappa shape index (κ2) is 9.00. The van der Waals surface area contributed by atoms with Crippen LogP contribution in [-0.2, 0) is 6.42 Å². The van der Waals surface area contributed by atoms with E-state index in [1.807, 2.05) is 30.3 Å². The third-order valence-corrected chi connectivity index (χ3v) is 6.14. The number of carbonyl (C=O) groups is 1. The van der Waals surface area contributed by atoms with Gasteiger partial charge >= 0.3 is 6.03 Å². The lowest BCUT2D eigenvalue weighted by Gasteiger charge is -2.36. The molecule has 0 spiro atoms. The lowest BCUT2D eigenvalue weighted by molar-refractivity contribution is 0.174. The third kappa shape index (κ3) is 4.31. The number of piperazine rings is 1. The lowest BCUT2D eigenvalue weighted by atomic mass is 10.1. The van der Waals surface area contributed by atoms with Crippen LogP contribution in [0.3, 0.4) is 0 Å². The number of hydrogen-bond donors (Lipinski definition) is 2. The van der Waals surface area contributed by atoms with E-state index in [0.717, 1.165) is 80.2 Å². The first kappa shape index (κ1) is 20.5. The second-order valence-corrected chi connectivity index (χ2v) is 8.21. The number of benzene rings is 2. The summed E-state index contributed by atoms with van der Waals surface area (Å²) in [4.78, 5) is 16.3. The molecular formula is C24H28N4O4. The first-order valence-electron chi connectivity index (χ1n) is 11.1. The average Bonchev–Trinajstić information content (AvgIpc) is 3.41. The van der Waals surface area contributed by atoms with E-state index < -0.39 is 6.03 Å². The minimum Gasteiger partial charge on any atom is -0.459 e. The highest BCUT2D eigenvalue weighted by Gasteiger charge is 2.20. The minimum absolute atomic E-state index is 0.306. The van der Waals surface area contributed by atoms with E-state index in [9.17, 15) is 4.79 Å². The fourth-order valence-electron chi connectivity index (χ4n) is 4.46. The maximum absolute atomic E-state index is 11.4. The molecule has 2 aliphatic heterocycles. The number of amides is 2. The first-order valence-corrected chi connectivity index (χ1v) is 11.1. The molecule has 0 saturated carbocycles. The number of ether oxygens (including phenoxy) is 2. The Morgan fingerprint density at radius 3 is 2.66 bits per heavy atom. The number of carbonyl (C=O) groups excluding carboxylic acids is 1. The number of nitrogens with one attached hydrogen (secondary N) is 1. The van der Waals surface area contributed by atoms with Gasteiger partial charge in [0, 0.05) is 49.7 Å². The molecule has 8 heteroatoms. The van der Waals surface area contributed by atoms with Gasteiger partial charge in [-0.2, -0.15) is 0 Å². The molecule has 3 heterocycles. The topological polar surface area (TPSA) is 93.2 Å². The molecule has 1 fully saturated rings. The number of hydrogen-bond acceptors (Lipinski definition) is 6. The van der Waals surface area contributed by atoms with Gasteiger partial charge in [0.25, 0.3) is 0 Å². The van der Waals surface area contributed by atoms with Gasteiger partial charge in [-0.15, -0.1) is 0 Å². The number of aryl methyl sites for hydroxylation is 1. The quantitative estimate of drug-likeness (QED) is 0.548. The average molecular weight is 437 g/mol. The number of primary amides is 1. The van der Waals surface area contributed by atoms with Gasteiger partial charge in [-0.1, -0.05) is 12.1 Å². The first-order chi connectivity index (χ1) is 15.7. The van der Waals surface area contributed by atoms with E-state index in [4.69, 9.17) is 19.6 Å². The van der Waals surface area contributed by atoms with E-state index in [1.165, 1.54) is 5.69 Å². The third-order valence-electron chi connectivity index (χ3n) is 6.14. The molecule has 0 unspecified atom stereocenters. The van der Waals surface area contributed by atoms with Gasteiger partial charge in [0.05, 0.1) is 5.69 Å². The van der Waals surface area contributed by atoms with Crippen molar-refractivity contribution in [2.45, 2.75) is 19.3 Å². The summed E-state index contributed by atoms with van der Waals surface area (Å²) >= 11 is 0. The van der Waals surface area contributed by atoms with Crippen molar-refractivity contribution in [3.8, 4) is 11.5 Å². The summed E-state index contributed by atoms with van der Waals surface area (Å²) in [7, 11) is 0. The molecule has 0 radical (unpaired) electrons. The second-order valence-electron chi connectivity index (χ2n) is 8.21. The van der Waals surface area contributed by atoms with E-state index in [0.29, 0.717) is 12.5 Å². The molecule has 2 aliphatic rings. The normalized spacial score (nSPS) is 15.9. The summed E-state index contributed by atoms with van der Waals surface area (Å²) in [5.74, 6) is 2.45. The van der Waals surface area contributed by atoms with Crippen LogP contribution in [0.2, 0.25) is 0 Å². The molecule has 2 aromatic carbocycles. The Hall–Kier alpha value is -3.39. The smallest absolute Gasteiger partial charge is 0.316 e. The number of nitrogens with two attached hydrogens (primary N) is 1. The molecule has 0 bridgehead atoms. The Kier molecular flexibility index (Phi) is 5.77. The number of nitrogens with zero attached hydrogens (tertiary/aromatic N) is 2. The summed E-state index contributed by atoms with van der Waals surface area (Å²) in [5.41, 5.74) is 8.02. The number of para-hydroxylation sites is 1.